The van der Waals surface area contributed by atoms with E-state index in [1.807, 2.05) is 37.3 Å². The zero-order valence-electron chi connectivity index (χ0n) is 12.2. The predicted molar refractivity (Wildman–Crippen MR) is 84.3 cm³/mol. The number of carbonyl (C=O) groups excluding carboxylic acids is 1. The van der Waals surface area contributed by atoms with Gasteiger partial charge in [0.05, 0.1) is 18.7 Å². The number of carbonyl (C=O) groups is 1. The summed E-state index contributed by atoms with van der Waals surface area (Å²) < 4.78 is 5.55. The van der Waals surface area contributed by atoms with Crippen LogP contribution in [-0.2, 0) is 6.42 Å². The summed E-state index contributed by atoms with van der Waals surface area (Å²) >= 11 is 0. The van der Waals surface area contributed by atoms with Crippen molar-refractivity contribution in [2.45, 2.75) is 13.3 Å². The number of fused-ring (bicyclic) bond motifs is 1. The number of Topliss-reactive ketones (excluding diaryl/α,β-unsaturated/α-hetero) is 1. The highest BCUT2D eigenvalue weighted by Gasteiger charge is 2.22. The van der Waals surface area contributed by atoms with Crippen molar-refractivity contribution < 1.29 is 9.53 Å². The second-order valence-corrected chi connectivity index (χ2v) is 5.15. The largest absolute Gasteiger partial charge is 0.493 e. The molecule has 0 saturated carbocycles. The molecule has 0 unspecified atom stereocenters. The summed E-state index contributed by atoms with van der Waals surface area (Å²) in [5, 5.41) is 0. The highest BCUT2D eigenvalue weighted by Crippen LogP contribution is 2.28. The Balaban J connectivity index is 1.79. The van der Waals surface area contributed by atoms with Gasteiger partial charge < -0.3 is 9.64 Å². The van der Waals surface area contributed by atoms with Crippen LogP contribution in [0.15, 0.2) is 48.5 Å². The molecule has 0 amide bonds. The summed E-state index contributed by atoms with van der Waals surface area (Å²) in [6.45, 7) is 3.80. The average Bonchev–Trinajstić information content (AvgIpc) is 2.91. The first-order valence-electron chi connectivity index (χ1n) is 7.37. The summed E-state index contributed by atoms with van der Waals surface area (Å²) in [6, 6.07) is 15.8. The Bertz CT molecular complexity index is 651. The first kappa shape index (κ1) is 13.7. The van der Waals surface area contributed by atoms with Crippen molar-refractivity contribution in [3.05, 3.63) is 59.7 Å². The van der Waals surface area contributed by atoms with Crippen molar-refractivity contribution in [1.82, 2.24) is 0 Å². The van der Waals surface area contributed by atoms with Gasteiger partial charge in [0.2, 0.25) is 0 Å². The van der Waals surface area contributed by atoms with Crippen LogP contribution in [0.25, 0.3) is 0 Å². The van der Waals surface area contributed by atoms with Crippen LogP contribution in [-0.4, -0.2) is 25.5 Å². The van der Waals surface area contributed by atoms with Gasteiger partial charge in [-0.15, -0.1) is 0 Å². The topological polar surface area (TPSA) is 29.5 Å². The number of para-hydroxylation sites is 2. The fraction of sp³-hybridized carbons (Fsp3) is 0.278. The van der Waals surface area contributed by atoms with E-state index in [4.69, 9.17) is 4.74 Å². The molecule has 0 spiro atoms. The van der Waals surface area contributed by atoms with E-state index in [9.17, 15) is 4.79 Å². The monoisotopic (exact) mass is 281 g/mol. The van der Waals surface area contributed by atoms with E-state index in [-0.39, 0.29) is 5.78 Å². The molecule has 0 aliphatic carbocycles. The summed E-state index contributed by atoms with van der Waals surface area (Å²) in [7, 11) is 0. The van der Waals surface area contributed by atoms with Crippen molar-refractivity contribution in [1.29, 1.82) is 0 Å². The van der Waals surface area contributed by atoms with Gasteiger partial charge in [-0.1, -0.05) is 30.3 Å². The molecule has 0 radical (unpaired) electrons. The molecular formula is C18H19NO2. The smallest absolute Gasteiger partial charge is 0.185 e. The predicted octanol–water partition coefficient (Wildman–Crippen LogP) is 3.33. The lowest BCUT2D eigenvalue weighted by Gasteiger charge is -2.19. The molecule has 0 fully saturated rings. The number of ether oxygens (including phenoxy) is 1. The maximum atomic E-state index is 12.6. The zero-order chi connectivity index (χ0) is 14.7. The minimum atomic E-state index is 0.107. The van der Waals surface area contributed by atoms with Crippen LogP contribution in [0.1, 0.15) is 22.8 Å². The van der Waals surface area contributed by atoms with Gasteiger partial charge in [-0.2, -0.15) is 0 Å². The van der Waals surface area contributed by atoms with Crippen LogP contribution >= 0.6 is 0 Å². The molecule has 1 heterocycles. The Kier molecular flexibility index (Phi) is 3.91. The van der Waals surface area contributed by atoms with Gasteiger partial charge in [-0.25, -0.2) is 0 Å². The Morgan fingerprint density at radius 3 is 2.76 bits per heavy atom. The van der Waals surface area contributed by atoms with E-state index in [2.05, 4.69) is 23.1 Å². The van der Waals surface area contributed by atoms with Crippen LogP contribution in [0.2, 0.25) is 0 Å². The Hall–Kier alpha value is -2.29. The molecular weight excluding hydrogens is 262 g/mol. The standard InChI is InChI=1S/C18H19NO2/c1-2-21-18-10-6-4-8-15(18)17(20)13-19-12-11-14-7-3-5-9-16(14)19/h3-10H,2,11-13H2,1H3. The third-order valence-corrected chi connectivity index (χ3v) is 3.81. The minimum absolute atomic E-state index is 0.107. The van der Waals surface area contributed by atoms with Gasteiger partial charge in [0, 0.05) is 12.2 Å². The minimum Gasteiger partial charge on any atom is -0.493 e. The molecule has 0 atom stereocenters. The van der Waals surface area contributed by atoms with Crippen LogP contribution < -0.4 is 9.64 Å². The molecule has 21 heavy (non-hydrogen) atoms. The first-order chi connectivity index (χ1) is 10.3. The lowest BCUT2D eigenvalue weighted by Crippen LogP contribution is -2.28. The molecule has 2 aromatic carbocycles. The number of nitrogens with zero attached hydrogens (tertiary/aromatic N) is 1. The molecule has 1 aliphatic heterocycles. The number of hydrogen-bond donors (Lipinski definition) is 0. The van der Waals surface area contributed by atoms with Gasteiger partial charge >= 0.3 is 0 Å². The molecule has 0 N–H and O–H groups in total. The SMILES string of the molecule is CCOc1ccccc1C(=O)CN1CCc2ccccc21. The van der Waals surface area contributed by atoms with Crippen molar-refractivity contribution in [2.24, 2.45) is 0 Å². The van der Waals surface area contributed by atoms with Gasteiger partial charge in [0.1, 0.15) is 5.75 Å². The van der Waals surface area contributed by atoms with E-state index in [0.29, 0.717) is 24.5 Å². The van der Waals surface area contributed by atoms with Crippen molar-refractivity contribution in [2.75, 3.05) is 24.6 Å². The maximum absolute atomic E-state index is 12.6. The molecule has 3 heteroatoms. The Labute approximate surface area is 125 Å². The molecule has 108 valence electrons. The van der Waals surface area contributed by atoms with E-state index in [0.717, 1.165) is 13.0 Å². The summed E-state index contributed by atoms with van der Waals surface area (Å²) in [6.07, 6.45) is 1.01. The van der Waals surface area contributed by atoms with E-state index in [1.54, 1.807) is 0 Å². The van der Waals surface area contributed by atoms with Gasteiger partial charge in [-0.05, 0) is 37.1 Å². The van der Waals surface area contributed by atoms with E-state index in [1.165, 1.54) is 11.3 Å². The van der Waals surface area contributed by atoms with Crippen LogP contribution in [0.4, 0.5) is 5.69 Å². The Morgan fingerprint density at radius 1 is 1.14 bits per heavy atom. The molecule has 3 nitrogen and oxygen atoms in total. The molecule has 3 rings (SSSR count). The number of anilines is 1. The fourth-order valence-electron chi connectivity index (χ4n) is 2.81. The van der Waals surface area contributed by atoms with E-state index >= 15 is 0 Å². The van der Waals surface area contributed by atoms with Crippen molar-refractivity contribution in [3.8, 4) is 5.75 Å². The second kappa shape index (κ2) is 6.00. The Morgan fingerprint density at radius 2 is 1.90 bits per heavy atom. The van der Waals surface area contributed by atoms with Crippen LogP contribution in [0.5, 0.6) is 5.75 Å². The molecule has 2 aromatic rings. The maximum Gasteiger partial charge on any atom is 0.185 e. The van der Waals surface area contributed by atoms with Crippen molar-refractivity contribution >= 4 is 11.5 Å². The fourth-order valence-corrected chi connectivity index (χ4v) is 2.81. The third-order valence-electron chi connectivity index (χ3n) is 3.81. The molecule has 0 aromatic heterocycles. The summed E-state index contributed by atoms with van der Waals surface area (Å²) in [5.74, 6) is 0.785. The lowest BCUT2D eigenvalue weighted by atomic mass is 10.1. The number of benzene rings is 2. The number of rotatable bonds is 5. The number of ketones is 1. The second-order valence-electron chi connectivity index (χ2n) is 5.15. The van der Waals surface area contributed by atoms with Gasteiger partial charge in [0.25, 0.3) is 0 Å². The van der Waals surface area contributed by atoms with E-state index < -0.39 is 0 Å². The van der Waals surface area contributed by atoms with Gasteiger partial charge in [-0.3, -0.25) is 4.79 Å². The molecule has 1 aliphatic rings. The average molecular weight is 281 g/mol. The first-order valence-corrected chi connectivity index (χ1v) is 7.37. The molecule has 0 saturated heterocycles. The summed E-state index contributed by atoms with van der Waals surface area (Å²) in [4.78, 5) is 14.7. The quantitative estimate of drug-likeness (QED) is 0.787. The van der Waals surface area contributed by atoms with Gasteiger partial charge in [0.15, 0.2) is 5.78 Å². The van der Waals surface area contributed by atoms with Crippen LogP contribution in [0.3, 0.4) is 0 Å². The summed E-state index contributed by atoms with van der Waals surface area (Å²) in [5.41, 5.74) is 3.17. The van der Waals surface area contributed by atoms with Crippen LogP contribution in [0, 0.1) is 0 Å². The highest BCUT2D eigenvalue weighted by atomic mass is 16.5. The lowest BCUT2D eigenvalue weighted by molar-refractivity contribution is 0.0996. The molecule has 0 bridgehead atoms. The third kappa shape index (κ3) is 2.77. The highest BCUT2D eigenvalue weighted by molar-refractivity contribution is 6.01. The zero-order valence-corrected chi connectivity index (χ0v) is 12.2. The normalized spacial score (nSPS) is 13.1. The van der Waals surface area contributed by atoms with Crippen molar-refractivity contribution in [3.63, 3.8) is 0 Å². The number of hydrogen-bond acceptors (Lipinski definition) is 3.